The van der Waals surface area contributed by atoms with Crippen LogP contribution in [0, 0.1) is 0 Å². The van der Waals surface area contributed by atoms with Gasteiger partial charge in [0, 0.05) is 26.1 Å². The third kappa shape index (κ3) is 4.73. The van der Waals surface area contributed by atoms with Crippen LogP contribution < -0.4 is 0 Å². The smallest absolute Gasteiger partial charge is 0.305 e. The summed E-state index contributed by atoms with van der Waals surface area (Å²) in [5.74, 6) is -0.831. The van der Waals surface area contributed by atoms with E-state index in [-0.39, 0.29) is 18.4 Å². The molecule has 1 saturated heterocycles. The van der Waals surface area contributed by atoms with Gasteiger partial charge in [-0.2, -0.15) is 0 Å². The monoisotopic (exact) mass is 242 g/mol. The number of likely N-dealkylation sites (tertiary alicyclic amines) is 1. The van der Waals surface area contributed by atoms with Gasteiger partial charge < -0.3 is 14.9 Å². The van der Waals surface area contributed by atoms with Crippen molar-refractivity contribution in [3.63, 3.8) is 0 Å². The lowest BCUT2D eigenvalue weighted by Crippen LogP contribution is -2.38. The molecule has 1 fully saturated rings. The lowest BCUT2D eigenvalue weighted by atomic mass is 10.2. The van der Waals surface area contributed by atoms with E-state index >= 15 is 0 Å². The lowest BCUT2D eigenvalue weighted by molar-refractivity contribution is -0.139. The molecule has 0 aromatic carbocycles. The number of hydrogen-bond acceptors (Lipinski definition) is 3. The molecule has 0 aromatic heterocycles. The van der Waals surface area contributed by atoms with Gasteiger partial charge in [0.05, 0.1) is 6.42 Å². The molecule has 0 aliphatic carbocycles. The standard InChI is InChI=1S/C12H22N2O3/c1-10(9-12(16)17)13(2)11(15)5-8-14-6-3-4-7-14/h10H,3-9H2,1-2H3,(H,16,17). The zero-order valence-corrected chi connectivity index (χ0v) is 10.7. The molecule has 0 spiro atoms. The van der Waals surface area contributed by atoms with Crippen LogP contribution in [0.2, 0.25) is 0 Å². The van der Waals surface area contributed by atoms with Gasteiger partial charge in [-0.05, 0) is 32.9 Å². The minimum absolute atomic E-state index is 0.00591. The van der Waals surface area contributed by atoms with Crippen molar-refractivity contribution in [2.75, 3.05) is 26.7 Å². The van der Waals surface area contributed by atoms with Gasteiger partial charge in [-0.15, -0.1) is 0 Å². The van der Waals surface area contributed by atoms with Gasteiger partial charge in [-0.1, -0.05) is 0 Å². The number of carbonyl (C=O) groups is 2. The summed E-state index contributed by atoms with van der Waals surface area (Å²) in [7, 11) is 1.68. The van der Waals surface area contributed by atoms with Crippen molar-refractivity contribution >= 4 is 11.9 Å². The Balaban J connectivity index is 2.27. The van der Waals surface area contributed by atoms with Gasteiger partial charge in [0.25, 0.3) is 0 Å². The first kappa shape index (κ1) is 14.0. The van der Waals surface area contributed by atoms with Crippen LogP contribution in [-0.4, -0.2) is 59.5 Å². The van der Waals surface area contributed by atoms with Gasteiger partial charge in [-0.3, -0.25) is 9.59 Å². The molecule has 0 saturated carbocycles. The maximum atomic E-state index is 11.8. The van der Waals surface area contributed by atoms with Crippen molar-refractivity contribution in [3.05, 3.63) is 0 Å². The summed E-state index contributed by atoms with van der Waals surface area (Å²) in [4.78, 5) is 26.2. The van der Waals surface area contributed by atoms with Gasteiger partial charge in [-0.25, -0.2) is 0 Å². The minimum Gasteiger partial charge on any atom is -0.481 e. The minimum atomic E-state index is -0.864. The lowest BCUT2D eigenvalue weighted by Gasteiger charge is -2.24. The van der Waals surface area contributed by atoms with E-state index < -0.39 is 5.97 Å². The molecule has 1 unspecified atom stereocenters. The Hall–Kier alpha value is -1.10. The summed E-state index contributed by atoms with van der Waals surface area (Å²) < 4.78 is 0. The molecule has 17 heavy (non-hydrogen) atoms. The van der Waals surface area contributed by atoms with Crippen LogP contribution in [0.3, 0.4) is 0 Å². The Morgan fingerprint density at radius 2 is 1.94 bits per heavy atom. The molecule has 5 nitrogen and oxygen atoms in total. The molecule has 1 aliphatic rings. The van der Waals surface area contributed by atoms with Crippen LogP contribution in [0.15, 0.2) is 0 Å². The average molecular weight is 242 g/mol. The number of carboxylic acids is 1. The average Bonchev–Trinajstić information content (AvgIpc) is 2.76. The van der Waals surface area contributed by atoms with Gasteiger partial charge >= 0.3 is 5.97 Å². The Morgan fingerprint density at radius 1 is 1.35 bits per heavy atom. The highest BCUT2D eigenvalue weighted by Crippen LogP contribution is 2.09. The van der Waals surface area contributed by atoms with E-state index in [9.17, 15) is 9.59 Å². The number of carboxylic acid groups (broad SMARTS) is 1. The van der Waals surface area contributed by atoms with Crippen molar-refractivity contribution in [2.45, 2.75) is 38.6 Å². The first-order valence-corrected chi connectivity index (χ1v) is 6.20. The largest absolute Gasteiger partial charge is 0.481 e. The Labute approximate surface area is 102 Å². The molecule has 1 aliphatic heterocycles. The topological polar surface area (TPSA) is 60.9 Å². The number of nitrogens with zero attached hydrogens (tertiary/aromatic N) is 2. The Morgan fingerprint density at radius 3 is 2.47 bits per heavy atom. The molecule has 0 radical (unpaired) electrons. The van der Waals surface area contributed by atoms with Crippen LogP contribution in [0.1, 0.15) is 32.6 Å². The molecule has 1 atom stereocenters. The number of aliphatic carboxylic acids is 1. The van der Waals surface area contributed by atoms with Gasteiger partial charge in [0.2, 0.25) is 5.91 Å². The zero-order chi connectivity index (χ0) is 12.8. The Bertz CT molecular complexity index is 275. The van der Waals surface area contributed by atoms with Crippen molar-refractivity contribution in [2.24, 2.45) is 0 Å². The quantitative estimate of drug-likeness (QED) is 0.748. The maximum absolute atomic E-state index is 11.8. The molecule has 0 bridgehead atoms. The molecular formula is C12H22N2O3. The van der Waals surface area contributed by atoms with Crippen molar-refractivity contribution in [1.82, 2.24) is 9.80 Å². The maximum Gasteiger partial charge on any atom is 0.305 e. The number of hydrogen-bond donors (Lipinski definition) is 1. The first-order chi connectivity index (χ1) is 8.00. The van der Waals surface area contributed by atoms with Crippen molar-refractivity contribution in [3.8, 4) is 0 Å². The second kappa shape index (κ2) is 6.59. The Kier molecular flexibility index (Phi) is 5.41. The van der Waals surface area contributed by atoms with Crippen LogP contribution in [-0.2, 0) is 9.59 Å². The molecule has 1 amide bonds. The number of amides is 1. The summed E-state index contributed by atoms with van der Waals surface area (Å²) in [6, 6.07) is -0.237. The van der Waals surface area contributed by atoms with E-state index in [1.54, 1.807) is 18.9 Å². The summed E-state index contributed by atoms with van der Waals surface area (Å²) in [5.41, 5.74) is 0. The second-order valence-electron chi connectivity index (χ2n) is 4.75. The predicted molar refractivity (Wildman–Crippen MR) is 64.8 cm³/mol. The fourth-order valence-corrected chi connectivity index (χ4v) is 2.07. The highest BCUT2D eigenvalue weighted by atomic mass is 16.4. The van der Waals surface area contributed by atoms with E-state index in [0.29, 0.717) is 6.42 Å². The van der Waals surface area contributed by atoms with E-state index in [2.05, 4.69) is 4.90 Å². The molecule has 1 N–H and O–H groups in total. The third-order valence-corrected chi connectivity index (χ3v) is 3.37. The predicted octanol–water partition coefficient (Wildman–Crippen LogP) is 0.794. The SMILES string of the molecule is CC(CC(=O)O)N(C)C(=O)CCN1CCCC1. The summed E-state index contributed by atoms with van der Waals surface area (Å²) in [5, 5.41) is 8.67. The fraction of sp³-hybridized carbons (Fsp3) is 0.833. The van der Waals surface area contributed by atoms with E-state index in [1.807, 2.05) is 0 Å². The summed E-state index contributed by atoms with van der Waals surface area (Å²) >= 11 is 0. The van der Waals surface area contributed by atoms with E-state index in [1.165, 1.54) is 12.8 Å². The highest BCUT2D eigenvalue weighted by molar-refractivity contribution is 5.77. The van der Waals surface area contributed by atoms with Crippen LogP contribution in [0.4, 0.5) is 0 Å². The van der Waals surface area contributed by atoms with Crippen LogP contribution in [0.25, 0.3) is 0 Å². The molecule has 1 heterocycles. The fourth-order valence-electron chi connectivity index (χ4n) is 2.07. The van der Waals surface area contributed by atoms with Crippen LogP contribution >= 0.6 is 0 Å². The van der Waals surface area contributed by atoms with Crippen molar-refractivity contribution < 1.29 is 14.7 Å². The van der Waals surface area contributed by atoms with E-state index in [4.69, 9.17) is 5.11 Å². The second-order valence-corrected chi connectivity index (χ2v) is 4.75. The highest BCUT2D eigenvalue weighted by Gasteiger charge is 2.19. The number of rotatable bonds is 6. The molecule has 0 aromatic rings. The molecular weight excluding hydrogens is 220 g/mol. The zero-order valence-electron chi connectivity index (χ0n) is 10.7. The van der Waals surface area contributed by atoms with Crippen LogP contribution in [0.5, 0.6) is 0 Å². The van der Waals surface area contributed by atoms with Crippen molar-refractivity contribution in [1.29, 1.82) is 0 Å². The molecule has 1 rings (SSSR count). The first-order valence-electron chi connectivity index (χ1n) is 6.20. The van der Waals surface area contributed by atoms with E-state index in [0.717, 1.165) is 19.6 Å². The third-order valence-electron chi connectivity index (χ3n) is 3.37. The molecule has 98 valence electrons. The normalized spacial score (nSPS) is 18.0. The summed E-state index contributed by atoms with van der Waals surface area (Å²) in [6.45, 7) is 4.73. The summed E-state index contributed by atoms with van der Waals surface area (Å²) in [6.07, 6.45) is 2.94. The van der Waals surface area contributed by atoms with Gasteiger partial charge in [0.15, 0.2) is 0 Å². The number of carbonyl (C=O) groups excluding carboxylic acids is 1. The van der Waals surface area contributed by atoms with Gasteiger partial charge in [0.1, 0.15) is 0 Å². The molecule has 5 heteroatoms.